The standard InChI is InChI=1S/C14H15ClN2/c1-11-3-5-12(6-4-11)10-17(2)13-7-8-16-14(15)9-13/h3-9H,10H2,1-2H3. The normalized spacial score (nSPS) is 10.3. The smallest absolute Gasteiger partial charge is 0.131 e. The molecule has 0 spiro atoms. The molecule has 0 saturated heterocycles. The van der Waals surface area contributed by atoms with E-state index < -0.39 is 0 Å². The van der Waals surface area contributed by atoms with Crippen LogP contribution in [0, 0.1) is 6.92 Å². The van der Waals surface area contributed by atoms with E-state index in [4.69, 9.17) is 11.6 Å². The molecular formula is C14H15ClN2. The molecule has 17 heavy (non-hydrogen) atoms. The van der Waals surface area contributed by atoms with Crippen molar-refractivity contribution >= 4 is 17.3 Å². The van der Waals surface area contributed by atoms with E-state index in [1.54, 1.807) is 6.20 Å². The van der Waals surface area contributed by atoms with Gasteiger partial charge in [-0.1, -0.05) is 41.4 Å². The number of rotatable bonds is 3. The Labute approximate surface area is 107 Å². The number of halogens is 1. The number of hydrogen-bond acceptors (Lipinski definition) is 2. The fourth-order valence-corrected chi connectivity index (χ4v) is 1.86. The van der Waals surface area contributed by atoms with Crippen LogP contribution in [-0.4, -0.2) is 12.0 Å². The zero-order valence-corrected chi connectivity index (χ0v) is 10.8. The van der Waals surface area contributed by atoms with E-state index in [0.717, 1.165) is 12.2 Å². The van der Waals surface area contributed by atoms with Gasteiger partial charge in [0.05, 0.1) is 0 Å². The van der Waals surface area contributed by atoms with Crippen molar-refractivity contribution in [2.45, 2.75) is 13.5 Å². The lowest BCUT2D eigenvalue weighted by atomic mass is 10.1. The van der Waals surface area contributed by atoms with Crippen molar-refractivity contribution in [3.05, 3.63) is 58.9 Å². The SMILES string of the molecule is Cc1ccc(CN(C)c2ccnc(Cl)c2)cc1. The molecule has 1 aromatic carbocycles. The maximum Gasteiger partial charge on any atom is 0.131 e. The van der Waals surface area contributed by atoms with Gasteiger partial charge in [0.25, 0.3) is 0 Å². The van der Waals surface area contributed by atoms with Gasteiger partial charge in [0, 0.05) is 25.5 Å². The van der Waals surface area contributed by atoms with Crippen LogP contribution in [0.2, 0.25) is 5.15 Å². The van der Waals surface area contributed by atoms with Crippen molar-refractivity contribution in [2.24, 2.45) is 0 Å². The summed E-state index contributed by atoms with van der Waals surface area (Å²) in [4.78, 5) is 6.13. The number of nitrogens with zero attached hydrogens (tertiary/aromatic N) is 2. The molecule has 2 nitrogen and oxygen atoms in total. The Morgan fingerprint density at radius 3 is 2.53 bits per heavy atom. The number of aryl methyl sites for hydroxylation is 1. The molecule has 88 valence electrons. The molecule has 1 aromatic heterocycles. The molecule has 2 rings (SSSR count). The zero-order chi connectivity index (χ0) is 12.3. The van der Waals surface area contributed by atoms with Crippen LogP contribution in [0.25, 0.3) is 0 Å². The number of aromatic nitrogens is 1. The van der Waals surface area contributed by atoms with Crippen molar-refractivity contribution < 1.29 is 0 Å². The van der Waals surface area contributed by atoms with Crippen LogP contribution in [0.1, 0.15) is 11.1 Å². The Hall–Kier alpha value is -1.54. The van der Waals surface area contributed by atoms with Crippen LogP contribution in [0.4, 0.5) is 5.69 Å². The van der Waals surface area contributed by atoms with Gasteiger partial charge in [-0.15, -0.1) is 0 Å². The number of hydrogen-bond donors (Lipinski definition) is 0. The Bertz CT molecular complexity index is 494. The van der Waals surface area contributed by atoms with E-state index >= 15 is 0 Å². The van der Waals surface area contributed by atoms with Crippen LogP contribution in [0.15, 0.2) is 42.6 Å². The van der Waals surface area contributed by atoms with E-state index in [-0.39, 0.29) is 0 Å². The Kier molecular flexibility index (Phi) is 3.64. The molecular weight excluding hydrogens is 232 g/mol. The molecule has 0 N–H and O–H groups in total. The second-order valence-corrected chi connectivity index (χ2v) is 4.57. The van der Waals surface area contributed by atoms with Crippen LogP contribution >= 0.6 is 11.6 Å². The second kappa shape index (κ2) is 5.19. The van der Waals surface area contributed by atoms with Crippen molar-refractivity contribution in [3.8, 4) is 0 Å². The maximum absolute atomic E-state index is 5.87. The molecule has 0 amide bonds. The molecule has 0 aliphatic carbocycles. The molecule has 1 heterocycles. The minimum Gasteiger partial charge on any atom is -0.370 e. The molecule has 0 radical (unpaired) electrons. The lowest BCUT2D eigenvalue weighted by molar-refractivity contribution is 0.920. The summed E-state index contributed by atoms with van der Waals surface area (Å²) in [5, 5.41) is 0.526. The van der Waals surface area contributed by atoms with Gasteiger partial charge in [-0.25, -0.2) is 4.98 Å². The third-order valence-corrected chi connectivity index (χ3v) is 2.90. The number of anilines is 1. The van der Waals surface area contributed by atoms with E-state index in [9.17, 15) is 0 Å². The molecule has 0 fully saturated rings. The first-order valence-corrected chi connectivity index (χ1v) is 5.91. The summed E-state index contributed by atoms with van der Waals surface area (Å²) in [7, 11) is 2.05. The van der Waals surface area contributed by atoms with Gasteiger partial charge in [-0.2, -0.15) is 0 Å². The molecule has 0 aliphatic heterocycles. The third-order valence-electron chi connectivity index (χ3n) is 2.69. The van der Waals surface area contributed by atoms with Crippen molar-refractivity contribution in [1.29, 1.82) is 0 Å². The summed E-state index contributed by atoms with van der Waals surface area (Å²) < 4.78 is 0. The molecule has 0 bridgehead atoms. The molecule has 0 unspecified atom stereocenters. The predicted molar refractivity (Wildman–Crippen MR) is 72.5 cm³/mol. The monoisotopic (exact) mass is 246 g/mol. The van der Waals surface area contributed by atoms with Crippen molar-refractivity contribution in [2.75, 3.05) is 11.9 Å². The first kappa shape index (κ1) is 11.9. The van der Waals surface area contributed by atoms with Crippen LogP contribution in [0.3, 0.4) is 0 Å². The van der Waals surface area contributed by atoms with Gasteiger partial charge < -0.3 is 4.90 Å². The van der Waals surface area contributed by atoms with Crippen molar-refractivity contribution in [3.63, 3.8) is 0 Å². The van der Waals surface area contributed by atoms with Gasteiger partial charge in [0.1, 0.15) is 5.15 Å². The van der Waals surface area contributed by atoms with Gasteiger partial charge >= 0.3 is 0 Å². The van der Waals surface area contributed by atoms with E-state index in [1.807, 2.05) is 19.2 Å². The molecule has 3 heteroatoms. The van der Waals surface area contributed by atoms with Crippen molar-refractivity contribution in [1.82, 2.24) is 4.98 Å². The van der Waals surface area contributed by atoms with Gasteiger partial charge in [0.2, 0.25) is 0 Å². The van der Waals surface area contributed by atoms with Gasteiger partial charge in [-0.05, 0) is 24.6 Å². The second-order valence-electron chi connectivity index (χ2n) is 4.18. The summed E-state index contributed by atoms with van der Waals surface area (Å²) in [6.07, 6.45) is 1.73. The summed E-state index contributed by atoms with van der Waals surface area (Å²) in [5.41, 5.74) is 3.64. The fourth-order valence-electron chi connectivity index (χ4n) is 1.69. The highest BCUT2D eigenvalue weighted by Crippen LogP contribution is 2.18. The van der Waals surface area contributed by atoms with E-state index in [0.29, 0.717) is 5.15 Å². The Morgan fingerprint density at radius 2 is 1.88 bits per heavy atom. The quantitative estimate of drug-likeness (QED) is 0.768. The fraction of sp³-hybridized carbons (Fsp3) is 0.214. The number of benzene rings is 1. The molecule has 0 atom stereocenters. The molecule has 0 aliphatic rings. The highest BCUT2D eigenvalue weighted by Gasteiger charge is 2.02. The lowest BCUT2D eigenvalue weighted by Gasteiger charge is -2.19. The summed E-state index contributed by atoms with van der Waals surface area (Å²) in [5.74, 6) is 0. The van der Waals surface area contributed by atoms with E-state index in [2.05, 4.69) is 41.1 Å². The van der Waals surface area contributed by atoms with Crippen LogP contribution in [0.5, 0.6) is 0 Å². The first-order chi connectivity index (χ1) is 8.15. The molecule has 2 aromatic rings. The Morgan fingerprint density at radius 1 is 1.18 bits per heavy atom. The summed E-state index contributed by atoms with van der Waals surface area (Å²) in [6.45, 7) is 2.96. The average molecular weight is 247 g/mol. The van der Waals surface area contributed by atoms with Crippen LogP contribution in [-0.2, 0) is 6.54 Å². The largest absolute Gasteiger partial charge is 0.370 e. The highest BCUT2D eigenvalue weighted by atomic mass is 35.5. The first-order valence-electron chi connectivity index (χ1n) is 5.53. The summed E-state index contributed by atoms with van der Waals surface area (Å²) in [6, 6.07) is 12.4. The minimum atomic E-state index is 0.526. The maximum atomic E-state index is 5.87. The van der Waals surface area contributed by atoms with Gasteiger partial charge in [0.15, 0.2) is 0 Å². The predicted octanol–water partition coefficient (Wildman–Crippen LogP) is 3.68. The number of pyridine rings is 1. The third kappa shape index (κ3) is 3.21. The Balaban J connectivity index is 2.11. The van der Waals surface area contributed by atoms with E-state index in [1.165, 1.54) is 11.1 Å². The molecule has 0 saturated carbocycles. The van der Waals surface area contributed by atoms with Crippen LogP contribution < -0.4 is 4.90 Å². The van der Waals surface area contributed by atoms with Gasteiger partial charge in [-0.3, -0.25) is 0 Å². The summed E-state index contributed by atoms with van der Waals surface area (Å²) >= 11 is 5.87. The average Bonchev–Trinajstić information content (AvgIpc) is 2.32. The topological polar surface area (TPSA) is 16.1 Å². The highest BCUT2D eigenvalue weighted by molar-refractivity contribution is 6.29. The zero-order valence-electron chi connectivity index (χ0n) is 10.0. The lowest BCUT2D eigenvalue weighted by Crippen LogP contribution is -2.16. The minimum absolute atomic E-state index is 0.526.